The second kappa shape index (κ2) is 6.39. The Kier molecular flexibility index (Phi) is 5.44. The van der Waals surface area contributed by atoms with Crippen LogP contribution in [0.1, 0.15) is 58.8 Å². The quantitative estimate of drug-likeness (QED) is 0.802. The summed E-state index contributed by atoms with van der Waals surface area (Å²) in [7, 11) is 1.91. The number of hydrogen-bond donors (Lipinski definition) is 1. The molecule has 0 aromatic carbocycles. The molecule has 0 heterocycles. The summed E-state index contributed by atoms with van der Waals surface area (Å²) in [6.07, 6.45) is 7.98. The van der Waals surface area contributed by atoms with Crippen LogP contribution in [0.15, 0.2) is 0 Å². The average molecular weight is 240 g/mol. The molecule has 17 heavy (non-hydrogen) atoms. The topological polar surface area (TPSA) is 46.3 Å². The van der Waals surface area contributed by atoms with E-state index < -0.39 is 5.54 Å². The molecule has 1 aliphatic rings. The number of nitrogens with zero attached hydrogens (tertiary/aromatic N) is 1. The minimum Gasteiger partial charge on any atom is -0.344 e. The van der Waals surface area contributed by atoms with Crippen LogP contribution in [0.2, 0.25) is 0 Å². The zero-order valence-electron chi connectivity index (χ0n) is 11.7. The molecule has 0 unspecified atom stereocenters. The van der Waals surface area contributed by atoms with Crippen molar-refractivity contribution in [3.63, 3.8) is 0 Å². The number of hydrogen-bond acceptors (Lipinski definition) is 2. The lowest BCUT2D eigenvalue weighted by atomic mass is 9.87. The lowest BCUT2D eigenvalue weighted by Gasteiger charge is -2.33. The predicted octanol–water partition coefficient (Wildman–Crippen LogP) is 2.54. The molecule has 0 spiro atoms. The van der Waals surface area contributed by atoms with Crippen molar-refractivity contribution < 1.29 is 4.79 Å². The van der Waals surface area contributed by atoms with Gasteiger partial charge in [0.05, 0.1) is 5.54 Å². The molecule has 1 saturated carbocycles. The van der Waals surface area contributed by atoms with Crippen LogP contribution in [-0.4, -0.2) is 29.9 Å². The molecule has 0 radical (unpaired) electrons. The molecule has 100 valence electrons. The average Bonchev–Trinajstić information content (AvgIpc) is 2.38. The van der Waals surface area contributed by atoms with Gasteiger partial charge in [-0.1, -0.05) is 33.1 Å². The van der Waals surface area contributed by atoms with Gasteiger partial charge < -0.3 is 10.6 Å². The Bertz CT molecular complexity index is 243. The van der Waals surface area contributed by atoms with E-state index in [9.17, 15) is 4.79 Å². The summed E-state index contributed by atoms with van der Waals surface area (Å²) in [5.41, 5.74) is 5.51. The molecule has 0 bridgehead atoms. The Labute approximate surface area is 106 Å². The third-order valence-electron chi connectivity index (χ3n) is 4.29. The van der Waals surface area contributed by atoms with Gasteiger partial charge in [0.15, 0.2) is 0 Å². The first kappa shape index (κ1) is 14.5. The Morgan fingerprint density at radius 1 is 1.24 bits per heavy atom. The van der Waals surface area contributed by atoms with E-state index >= 15 is 0 Å². The van der Waals surface area contributed by atoms with E-state index in [4.69, 9.17) is 5.73 Å². The Balaban J connectivity index is 2.50. The molecular formula is C14H28N2O. The third-order valence-corrected chi connectivity index (χ3v) is 4.29. The molecule has 3 nitrogen and oxygen atoms in total. The largest absolute Gasteiger partial charge is 0.344 e. The fraction of sp³-hybridized carbons (Fsp3) is 0.929. The van der Waals surface area contributed by atoms with Gasteiger partial charge >= 0.3 is 0 Å². The highest BCUT2D eigenvalue weighted by Gasteiger charge is 2.33. The smallest absolute Gasteiger partial charge is 0.242 e. The van der Waals surface area contributed by atoms with E-state index in [1.165, 1.54) is 32.1 Å². The number of amides is 1. The van der Waals surface area contributed by atoms with Gasteiger partial charge in [0, 0.05) is 13.6 Å². The highest BCUT2D eigenvalue weighted by molar-refractivity contribution is 5.85. The Hall–Kier alpha value is -0.570. The molecule has 0 saturated heterocycles. The predicted molar refractivity (Wildman–Crippen MR) is 71.7 cm³/mol. The van der Waals surface area contributed by atoms with E-state index in [2.05, 4.69) is 0 Å². The van der Waals surface area contributed by atoms with Crippen molar-refractivity contribution >= 4 is 5.91 Å². The normalized spacial score (nSPS) is 18.1. The van der Waals surface area contributed by atoms with Crippen molar-refractivity contribution in [3.8, 4) is 0 Å². The van der Waals surface area contributed by atoms with Gasteiger partial charge in [-0.3, -0.25) is 4.79 Å². The second-order valence-corrected chi connectivity index (χ2v) is 5.55. The standard InChI is InChI=1S/C14H28N2O/c1-4-14(15,5-2)13(17)16(3)11-12-9-7-6-8-10-12/h12H,4-11,15H2,1-3H3. The summed E-state index contributed by atoms with van der Waals surface area (Å²) in [6, 6.07) is 0. The first-order chi connectivity index (χ1) is 8.03. The molecule has 0 aromatic rings. The van der Waals surface area contributed by atoms with Gasteiger partial charge in [-0.2, -0.15) is 0 Å². The van der Waals surface area contributed by atoms with Gasteiger partial charge in [-0.25, -0.2) is 0 Å². The monoisotopic (exact) mass is 240 g/mol. The van der Waals surface area contributed by atoms with E-state index in [0.717, 1.165) is 19.4 Å². The van der Waals surface area contributed by atoms with Crippen molar-refractivity contribution in [1.82, 2.24) is 4.90 Å². The minimum absolute atomic E-state index is 0.119. The SMILES string of the molecule is CCC(N)(CC)C(=O)N(C)CC1CCCCC1. The summed E-state index contributed by atoms with van der Waals surface area (Å²) >= 11 is 0. The van der Waals surface area contributed by atoms with E-state index in [0.29, 0.717) is 5.92 Å². The molecule has 1 rings (SSSR count). The molecule has 1 amide bonds. The maximum atomic E-state index is 12.3. The van der Waals surface area contributed by atoms with Crippen LogP contribution in [0.25, 0.3) is 0 Å². The van der Waals surface area contributed by atoms with Crippen molar-refractivity contribution in [2.24, 2.45) is 11.7 Å². The van der Waals surface area contributed by atoms with Gasteiger partial charge in [0.25, 0.3) is 0 Å². The molecule has 0 aliphatic heterocycles. The number of likely N-dealkylation sites (N-methyl/N-ethyl adjacent to an activating group) is 1. The highest BCUT2D eigenvalue weighted by atomic mass is 16.2. The Morgan fingerprint density at radius 3 is 2.24 bits per heavy atom. The van der Waals surface area contributed by atoms with Crippen LogP contribution < -0.4 is 5.73 Å². The van der Waals surface area contributed by atoms with Crippen LogP contribution in [0.5, 0.6) is 0 Å². The van der Waals surface area contributed by atoms with Crippen molar-refractivity contribution in [1.29, 1.82) is 0 Å². The van der Waals surface area contributed by atoms with Crippen LogP contribution in [0, 0.1) is 5.92 Å². The molecule has 3 heteroatoms. The zero-order valence-corrected chi connectivity index (χ0v) is 11.7. The van der Waals surface area contributed by atoms with Crippen molar-refractivity contribution in [3.05, 3.63) is 0 Å². The van der Waals surface area contributed by atoms with Crippen LogP contribution in [-0.2, 0) is 4.79 Å². The second-order valence-electron chi connectivity index (χ2n) is 5.55. The fourth-order valence-electron chi connectivity index (χ4n) is 2.77. The number of carbonyl (C=O) groups is 1. The van der Waals surface area contributed by atoms with Gasteiger partial charge in [-0.05, 0) is 31.6 Å². The van der Waals surface area contributed by atoms with Gasteiger partial charge in [-0.15, -0.1) is 0 Å². The van der Waals surface area contributed by atoms with Crippen LogP contribution in [0.4, 0.5) is 0 Å². The first-order valence-electron chi connectivity index (χ1n) is 7.08. The van der Waals surface area contributed by atoms with E-state index in [-0.39, 0.29) is 5.91 Å². The summed E-state index contributed by atoms with van der Waals surface area (Å²) in [5.74, 6) is 0.809. The maximum absolute atomic E-state index is 12.3. The molecule has 0 atom stereocenters. The number of nitrogens with two attached hydrogens (primary N) is 1. The number of carbonyl (C=O) groups excluding carboxylic acids is 1. The van der Waals surface area contributed by atoms with Gasteiger partial charge in [0.1, 0.15) is 0 Å². The van der Waals surface area contributed by atoms with Crippen molar-refractivity contribution in [2.45, 2.75) is 64.3 Å². The Morgan fingerprint density at radius 2 is 1.76 bits per heavy atom. The highest BCUT2D eigenvalue weighted by Crippen LogP contribution is 2.25. The van der Waals surface area contributed by atoms with Gasteiger partial charge in [0.2, 0.25) is 5.91 Å². The summed E-state index contributed by atoms with van der Waals surface area (Å²) in [4.78, 5) is 14.2. The molecule has 2 N–H and O–H groups in total. The lowest BCUT2D eigenvalue weighted by Crippen LogP contribution is -2.54. The fourth-order valence-corrected chi connectivity index (χ4v) is 2.77. The molecule has 1 aliphatic carbocycles. The molecular weight excluding hydrogens is 212 g/mol. The lowest BCUT2D eigenvalue weighted by molar-refractivity contribution is -0.136. The zero-order chi connectivity index (χ0) is 12.9. The molecule has 1 fully saturated rings. The third kappa shape index (κ3) is 3.70. The van der Waals surface area contributed by atoms with Crippen LogP contribution >= 0.6 is 0 Å². The summed E-state index contributed by atoms with van der Waals surface area (Å²) in [5, 5.41) is 0. The minimum atomic E-state index is -0.649. The maximum Gasteiger partial charge on any atom is 0.242 e. The summed E-state index contributed by atoms with van der Waals surface area (Å²) < 4.78 is 0. The van der Waals surface area contributed by atoms with E-state index in [1.54, 1.807) is 0 Å². The first-order valence-corrected chi connectivity index (χ1v) is 7.08. The number of rotatable bonds is 5. The van der Waals surface area contributed by atoms with E-state index in [1.807, 2.05) is 25.8 Å². The molecule has 0 aromatic heterocycles. The van der Waals surface area contributed by atoms with Crippen molar-refractivity contribution in [2.75, 3.05) is 13.6 Å². The van der Waals surface area contributed by atoms with Crippen LogP contribution in [0.3, 0.4) is 0 Å². The summed E-state index contributed by atoms with van der Waals surface area (Å²) in [6.45, 7) is 4.88.